The van der Waals surface area contributed by atoms with Gasteiger partial charge in [-0.05, 0) is 49.6 Å². The van der Waals surface area contributed by atoms with Crippen LogP contribution in [0.2, 0.25) is 0 Å². The molecule has 9 nitrogen and oxygen atoms in total. The number of rotatable bonds is 5. The van der Waals surface area contributed by atoms with E-state index in [9.17, 15) is 0 Å². The second-order valence-electron chi connectivity index (χ2n) is 8.35. The van der Waals surface area contributed by atoms with Gasteiger partial charge < -0.3 is 10.2 Å². The van der Waals surface area contributed by atoms with Gasteiger partial charge in [0.1, 0.15) is 12.0 Å². The van der Waals surface area contributed by atoms with Gasteiger partial charge in [0, 0.05) is 24.1 Å². The van der Waals surface area contributed by atoms with Crippen molar-refractivity contribution in [3.8, 4) is 11.4 Å². The lowest BCUT2D eigenvalue weighted by Gasteiger charge is -2.40. The van der Waals surface area contributed by atoms with Crippen LogP contribution in [-0.4, -0.2) is 40.6 Å². The summed E-state index contributed by atoms with van der Waals surface area (Å²) in [4.78, 5) is 12.1. The second kappa shape index (κ2) is 7.74. The minimum Gasteiger partial charge on any atom is -0.341 e. The molecule has 1 fully saturated rings. The van der Waals surface area contributed by atoms with E-state index in [2.05, 4.69) is 37.4 Å². The second-order valence-corrected chi connectivity index (χ2v) is 8.35. The Kier molecular flexibility index (Phi) is 4.59. The first-order valence-corrected chi connectivity index (χ1v) is 11.2. The number of anilines is 3. The molecule has 1 saturated carbocycles. The fraction of sp³-hybridized carbons (Fsp3) is 0.348. The Balaban J connectivity index is 1.35. The van der Waals surface area contributed by atoms with Crippen molar-refractivity contribution < 1.29 is 0 Å². The van der Waals surface area contributed by atoms with Gasteiger partial charge in [0.15, 0.2) is 11.6 Å². The lowest BCUT2D eigenvalue weighted by atomic mass is 10.0. The summed E-state index contributed by atoms with van der Waals surface area (Å²) in [5.41, 5.74) is 2.88. The number of benzene rings is 1. The smallest absolute Gasteiger partial charge is 0.229 e. The summed E-state index contributed by atoms with van der Waals surface area (Å²) in [5.74, 6) is 2.53. The van der Waals surface area contributed by atoms with Gasteiger partial charge in [0.25, 0.3) is 0 Å². The van der Waals surface area contributed by atoms with E-state index >= 15 is 0 Å². The van der Waals surface area contributed by atoms with E-state index in [1.165, 1.54) is 25.7 Å². The fourth-order valence-corrected chi connectivity index (χ4v) is 4.95. The summed E-state index contributed by atoms with van der Waals surface area (Å²) in [6.07, 6.45) is 13.2. The lowest BCUT2D eigenvalue weighted by Crippen LogP contribution is -2.42. The first-order valence-electron chi connectivity index (χ1n) is 11.2. The minimum atomic E-state index is 0.171. The quantitative estimate of drug-likeness (QED) is 0.510. The van der Waals surface area contributed by atoms with Crippen LogP contribution < -0.4 is 10.2 Å². The highest BCUT2D eigenvalue weighted by atomic mass is 15.4. The predicted octanol–water partition coefficient (Wildman–Crippen LogP) is 4.20. The highest BCUT2D eigenvalue weighted by molar-refractivity contribution is 5.65. The van der Waals surface area contributed by atoms with Crippen LogP contribution in [0.1, 0.15) is 50.9 Å². The first-order chi connectivity index (χ1) is 15.8. The zero-order valence-corrected chi connectivity index (χ0v) is 18.0. The summed E-state index contributed by atoms with van der Waals surface area (Å²) in [7, 11) is 0. The van der Waals surface area contributed by atoms with Crippen molar-refractivity contribution in [3.63, 3.8) is 0 Å². The van der Waals surface area contributed by atoms with E-state index in [1.54, 1.807) is 12.5 Å². The topological polar surface area (TPSA) is 89.6 Å². The molecule has 6 rings (SSSR count). The van der Waals surface area contributed by atoms with Crippen LogP contribution in [0.25, 0.3) is 11.4 Å². The van der Waals surface area contributed by atoms with Crippen LogP contribution in [0.15, 0.2) is 55.2 Å². The maximum atomic E-state index is 4.99. The Morgan fingerprint density at radius 2 is 1.97 bits per heavy atom. The Morgan fingerprint density at radius 1 is 1.12 bits per heavy atom. The number of nitrogens with zero attached hydrogens (tertiary/aromatic N) is 8. The van der Waals surface area contributed by atoms with Crippen LogP contribution in [0.5, 0.6) is 0 Å². The maximum Gasteiger partial charge on any atom is 0.229 e. The zero-order valence-electron chi connectivity index (χ0n) is 18.0. The summed E-state index contributed by atoms with van der Waals surface area (Å²) < 4.78 is 3.87. The van der Waals surface area contributed by atoms with Gasteiger partial charge in [-0.3, -0.25) is 4.57 Å². The molecular weight excluding hydrogens is 402 g/mol. The van der Waals surface area contributed by atoms with E-state index in [0.717, 1.165) is 35.1 Å². The molecule has 0 radical (unpaired) electrons. The van der Waals surface area contributed by atoms with E-state index in [0.29, 0.717) is 12.0 Å². The van der Waals surface area contributed by atoms with E-state index in [-0.39, 0.29) is 6.04 Å². The molecule has 1 N–H and O–H groups in total. The van der Waals surface area contributed by atoms with Crippen molar-refractivity contribution >= 4 is 17.5 Å². The summed E-state index contributed by atoms with van der Waals surface area (Å²) in [6.45, 7) is 2.21. The first kappa shape index (κ1) is 19.0. The van der Waals surface area contributed by atoms with Crippen molar-refractivity contribution in [1.29, 1.82) is 0 Å². The van der Waals surface area contributed by atoms with Gasteiger partial charge in [-0.25, -0.2) is 9.67 Å². The predicted molar refractivity (Wildman–Crippen MR) is 122 cm³/mol. The van der Waals surface area contributed by atoms with E-state index in [1.807, 2.05) is 52.0 Å². The van der Waals surface area contributed by atoms with Crippen LogP contribution in [-0.2, 0) is 0 Å². The maximum absolute atomic E-state index is 4.99. The van der Waals surface area contributed by atoms with Crippen LogP contribution in [0.4, 0.5) is 17.5 Å². The molecule has 0 unspecified atom stereocenters. The van der Waals surface area contributed by atoms with Crippen LogP contribution >= 0.6 is 0 Å². The number of aromatic nitrogens is 7. The highest BCUT2D eigenvalue weighted by Crippen LogP contribution is 2.42. The number of hydrogen-bond donors (Lipinski definition) is 1. The molecule has 0 bridgehead atoms. The molecule has 0 spiro atoms. The standard InChI is InChI=1S/C23H25N9/c1-2-19-22-29-25-15-30(22)20-14-24-23(28-21(20)32(19)18-6-3-4-7-18)27-16-8-10-17(11-9-16)31-13-5-12-26-31/h5,8-15,18-19H,2-4,6-7H2,1H3,(H,24,27,28)/t19-/m1/s1. The Morgan fingerprint density at radius 3 is 2.72 bits per heavy atom. The molecule has 0 saturated heterocycles. The fourth-order valence-electron chi connectivity index (χ4n) is 4.95. The molecule has 4 aromatic rings. The third-order valence-electron chi connectivity index (χ3n) is 6.46. The Labute approximate surface area is 186 Å². The zero-order chi connectivity index (χ0) is 21.5. The molecule has 0 amide bonds. The van der Waals surface area contributed by atoms with Gasteiger partial charge in [-0.2, -0.15) is 10.1 Å². The number of fused-ring (bicyclic) bond motifs is 3. The largest absolute Gasteiger partial charge is 0.341 e. The lowest BCUT2D eigenvalue weighted by molar-refractivity contribution is 0.469. The van der Waals surface area contributed by atoms with Gasteiger partial charge >= 0.3 is 0 Å². The summed E-state index contributed by atoms with van der Waals surface area (Å²) in [6, 6.07) is 10.6. The van der Waals surface area contributed by atoms with Gasteiger partial charge in [-0.15, -0.1) is 10.2 Å². The van der Waals surface area contributed by atoms with Crippen LogP contribution in [0.3, 0.4) is 0 Å². The number of hydrogen-bond acceptors (Lipinski definition) is 7. The molecule has 1 aromatic carbocycles. The molecule has 32 heavy (non-hydrogen) atoms. The van der Waals surface area contributed by atoms with Gasteiger partial charge in [0.05, 0.1) is 17.9 Å². The molecule has 1 atom stereocenters. The molecule has 3 aromatic heterocycles. The average Bonchev–Trinajstić information content (AvgIpc) is 3.61. The van der Waals surface area contributed by atoms with E-state index < -0.39 is 0 Å². The Hall–Kier alpha value is -3.75. The van der Waals surface area contributed by atoms with Crippen molar-refractivity contribution in [2.45, 2.75) is 51.1 Å². The Bertz CT molecular complexity index is 1210. The van der Waals surface area contributed by atoms with Crippen molar-refractivity contribution in [2.75, 3.05) is 10.2 Å². The molecule has 9 heteroatoms. The van der Waals surface area contributed by atoms with Crippen molar-refractivity contribution in [1.82, 2.24) is 34.5 Å². The van der Waals surface area contributed by atoms with Crippen molar-refractivity contribution in [3.05, 3.63) is 61.1 Å². The highest BCUT2D eigenvalue weighted by Gasteiger charge is 2.38. The molecule has 1 aliphatic carbocycles. The third-order valence-corrected chi connectivity index (χ3v) is 6.46. The minimum absolute atomic E-state index is 0.171. The SMILES string of the molecule is CC[C@@H]1c2nncn2-c2cnc(Nc3ccc(-n4cccn4)cc3)nc2N1C1CCCC1. The van der Waals surface area contributed by atoms with Crippen LogP contribution in [0, 0.1) is 0 Å². The molecule has 2 aliphatic rings. The monoisotopic (exact) mass is 427 g/mol. The molecule has 162 valence electrons. The van der Waals surface area contributed by atoms with Gasteiger partial charge in [0.2, 0.25) is 5.95 Å². The summed E-state index contributed by atoms with van der Waals surface area (Å²) >= 11 is 0. The van der Waals surface area contributed by atoms with E-state index in [4.69, 9.17) is 4.98 Å². The normalized spacial score (nSPS) is 17.9. The number of nitrogens with one attached hydrogen (secondary N) is 1. The summed E-state index contributed by atoms with van der Waals surface area (Å²) in [5, 5.41) is 16.3. The molecular formula is C23H25N9. The average molecular weight is 428 g/mol. The van der Waals surface area contributed by atoms with Gasteiger partial charge in [-0.1, -0.05) is 19.8 Å². The molecule has 1 aliphatic heterocycles. The van der Waals surface area contributed by atoms with Crippen molar-refractivity contribution in [2.24, 2.45) is 0 Å². The molecule has 4 heterocycles. The third kappa shape index (κ3) is 3.12.